The van der Waals surface area contributed by atoms with Gasteiger partial charge in [-0.2, -0.15) is 0 Å². The van der Waals surface area contributed by atoms with E-state index in [0.717, 1.165) is 11.8 Å². The summed E-state index contributed by atoms with van der Waals surface area (Å²) in [6.45, 7) is 5.35. The summed E-state index contributed by atoms with van der Waals surface area (Å²) in [7, 11) is 0. The highest BCUT2D eigenvalue weighted by atomic mass is 32.2. The summed E-state index contributed by atoms with van der Waals surface area (Å²) in [5.74, 6) is 0. The van der Waals surface area contributed by atoms with Crippen molar-refractivity contribution < 1.29 is 0 Å². The van der Waals surface area contributed by atoms with Crippen LogP contribution in [-0.2, 0) is 6.54 Å². The first-order valence-electron chi connectivity index (χ1n) is 7.23. The molecule has 1 aromatic rings. The van der Waals surface area contributed by atoms with E-state index in [1.54, 1.807) is 0 Å². The van der Waals surface area contributed by atoms with E-state index in [0.29, 0.717) is 6.04 Å². The van der Waals surface area contributed by atoms with Gasteiger partial charge in [0.2, 0.25) is 0 Å². The van der Waals surface area contributed by atoms with Crippen LogP contribution in [-0.4, -0.2) is 11.3 Å². The lowest BCUT2D eigenvalue weighted by molar-refractivity contribution is 0.516. The zero-order valence-corrected chi connectivity index (χ0v) is 12.4. The van der Waals surface area contributed by atoms with Crippen molar-refractivity contribution in [3.63, 3.8) is 0 Å². The fourth-order valence-electron chi connectivity index (χ4n) is 2.38. The van der Waals surface area contributed by atoms with E-state index in [2.05, 4.69) is 55.2 Å². The van der Waals surface area contributed by atoms with Gasteiger partial charge in [-0.3, -0.25) is 0 Å². The van der Waals surface area contributed by atoms with Crippen LogP contribution in [0.4, 0.5) is 0 Å². The molecule has 1 aromatic carbocycles. The lowest BCUT2D eigenvalue weighted by atomic mass is 10.0. The van der Waals surface area contributed by atoms with Crippen molar-refractivity contribution in [1.29, 1.82) is 0 Å². The summed E-state index contributed by atoms with van der Waals surface area (Å²) in [6.07, 6.45) is 7.10. The van der Waals surface area contributed by atoms with Gasteiger partial charge >= 0.3 is 0 Å². The molecule has 0 atom stereocenters. The lowest BCUT2D eigenvalue weighted by Crippen LogP contribution is -2.21. The average molecular weight is 263 g/mol. The molecule has 0 heterocycles. The maximum Gasteiger partial charge on any atom is 0.0207 e. The number of rotatable bonds is 5. The van der Waals surface area contributed by atoms with Crippen molar-refractivity contribution >= 4 is 11.8 Å². The Kier molecular flexibility index (Phi) is 5.58. The Bertz CT molecular complexity index is 339. The Morgan fingerprint density at radius 2 is 1.78 bits per heavy atom. The van der Waals surface area contributed by atoms with Crippen molar-refractivity contribution in [3.05, 3.63) is 29.8 Å². The molecule has 0 spiro atoms. The minimum absolute atomic E-state index is 0.557. The van der Waals surface area contributed by atoms with Gasteiger partial charge in [0.1, 0.15) is 0 Å². The van der Waals surface area contributed by atoms with Gasteiger partial charge in [-0.05, 0) is 30.5 Å². The van der Waals surface area contributed by atoms with E-state index < -0.39 is 0 Å². The third kappa shape index (κ3) is 4.66. The van der Waals surface area contributed by atoms with Gasteiger partial charge in [-0.1, -0.05) is 45.2 Å². The summed E-state index contributed by atoms with van der Waals surface area (Å²) in [5.41, 5.74) is 1.39. The van der Waals surface area contributed by atoms with Crippen molar-refractivity contribution in [3.8, 4) is 0 Å². The number of hydrogen-bond acceptors (Lipinski definition) is 2. The van der Waals surface area contributed by atoms with Crippen LogP contribution in [0, 0.1) is 0 Å². The fourth-order valence-corrected chi connectivity index (χ4v) is 3.63. The molecule has 1 N–H and O–H groups in total. The topological polar surface area (TPSA) is 12.0 Å². The van der Waals surface area contributed by atoms with Gasteiger partial charge in [-0.25, -0.2) is 0 Å². The normalized spacial score (nSPS) is 17.3. The summed E-state index contributed by atoms with van der Waals surface area (Å²) in [6, 6.07) is 9.66. The molecule has 1 aliphatic carbocycles. The number of nitrogens with one attached hydrogen (secondary N) is 1. The fraction of sp³-hybridized carbons (Fsp3) is 0.625. The van der Waals surface area contributed by atoms with Crippen molar-refractivity contribution in [2.75, 3.05) is 0 Å². The molecule has 0 bridgehead atoms. The van der Waals surface area contributed by atoms with E-state index in [-0.39, 0.29) is 0 Å². The Balaban J connectivity index is 1.83. The maximum absolute atomic E-state index is 3.46. The number of hydrogen-bond donors (Lipinski definition) is 1. The van der Waals surface area contributed by atoms with Crippen molar-refractivity contribution in [2.24, 2.45) is 0 Å². The number of thioether (sulfide) groups is 1. The first-order chi connectivity index (χ1) is 8.74. The molecule has 1 nitrogen and oxygen atoms in total. The summed E-state index contributed by atoms with van der Waals surface area (Å²) >= 11 is 2.08. The molecule has 2 rings (SSSR count). The molecule has 2 heteroatoms. The SMILES string of the molecule is CC(C)NCc1ccc(SC2CCCCC2)cc1. The smallest absolute Gasteiger partial charge is 0.0207 e. The van der Waals surface area contributed by atoms with Gasteiger partial charge in [0, 0.05) is 22.7 Å². The molecule has 1 aliphatic rings. The second-order valence-electron chi connectivity index (χ2n) is 5.56. The van der Waals surface area contributed by atoms with Crippen LogP contribution in [0.15, 0.2) is 29.2 Å². The summed E-state index contributed by atoms with van der Waals surface area (Å²) in [5, 5.41) is 4.32. The maximum atomic E-state index is 3.46. The van der Waals surface area contributed by atoms with Crippen LogP contribution in [0.2, 0.25) is 0 Å². The van der Waals surface area contributed by atoms with E-state index >= 15 is 0 Å². The van der Waals surface area contributed by atoms with Gasteiger partial charge in [-0.15, -0.1) is 11.8 Å². The first kappa shape index (κ1) is 14.0. The first-order valence-corrected chi connectivity index (χ1v) is 8.11. The highest BCUT2D eigenvalue weighted by molar-refractivity contribution is 8.00. The van der Waals surface area contributed by atoms with Crippen LogP contribution in [0.5, 0.6) is 0 Å². The molecule has 0 aromatic heterocycles. The van der Waals surface area contributed by atoms with E-state index in [1.165, 1.54) is 42.6 Å². The molecule has 100 valence electrons. The average Bonchev–Trinajstić information content (AvgIpc) is 2.39. The molecule has 1 saturated carbocycles. The molecule has 0 aliphatic heterocycles. The Morgan fingerprint density at radius 1 is 1.11 bits per heavy atom. The second-order valence-corrected chi connectivity index (χ2v) is 6.93. The van der Waals surface area contributed by atoms with Crippen LogP contribution < -0.4 is 5.32 Å². The summed E-state index contributed by atoms with van der Waals surface area (Å²) in [4.78, 5) is 1.44. The lowest BCUT2D eigenvalue weighted by Gasteiger charge is -2.21. The molecule has 18 heavy (non-hydrogen) atoms. The Morgan fingerprint density at radius 3 is 2.39 bits per heavy atom. The zero-order chi connectivity index (χ0) is 12.8. The van der Waals surface area contributed by atoms with Crippen molar-refractivity contribution in [1.82, 2.24) is 5.32 Å². The largest absolute Gasteiger partial charge is 0.310 e. The van der Waals surface area contributed by atoms with Gasteiger partial charge in [0.15, 0.2) is 0 Å². The zero-order valence-electron chi connectivity index (χ0n) is 11.6. The van der Waals surface area contributed by atoms with Crippen LogP contribution in [0.3, 0.4) is 0 Å². The predicted octanol–water partition coefficient (Wildman–Crippen LogP) is 4.61. The Labute approximate surface area is 116 Å². The Hall–Kier alpha value is -0.470. The van der Waals surface area contributed by atoms with Crippen LogP contribution in [0.1, 0.15) is 51.5 Å². The van der Waals surface area contributed by atoms with E-state index in [4.69, 9.17) is 0 Å². The number of benzene rings is 1. The minimum atomic E-state index is 0.557. The predicted molar refractivity (Wildman–Crippen MR) is 81.1 cm³/mol. The quantitative estimate of drug-likeness (QED) is 0.832. The third-order valence-electron chi connectivity index (χ3n) is 3.49. The van der Waals surface area contributed by atoms with Crippen molar-refractivity contribution in [2.45, 2.75) is 68.7 Å². The molecule has 0 amide bonds. The highest BCUT2D eigenvalue weighted by Crippen LogP contribution is 2.33. The van der Waals surface area contributed by atoms with Crippen LogP contribution in [0.25, 0.3) is 0 Å². The van der Waals surface area contributed by atoms with Gasteiger partial charge in [0.25, 0.3) is 0 Å². The molecular weight excluding hydrogens is 238 g/mol. The standard InChI is InChI=1S/C16H25NS/c1-13(2)17-12-14-8-10-16(11-9-14)18-15-6-4-3-5-7-15/h8-11,13,15,17H,3-7,12H2,1-2H3. The molecular formula is C16H25NS. The molecule has 0 saturated heterocycles. The van der Waals surface area contributed by atoms with Crippen LogP contribution >= 0.6 is 11.8 Å². The van der Waals surface area contributed by atoms with E-state index in [1.807, 2.05) is 0 Å². The van der Waals surface area contributed by atoms with E-state index in [9.17, 15) is 0 Å². The molecule has 1 fully saturated rings. The molecule has 0 radical (unpaired) electrons. The monoisotopic (exact) mass is 263 g/mol. The third-order valence-corrected chi connectivity index (χ3v) is 4.84. The summed E-state index contributed by atoms with van der Waals surface area (Å²) < 4.78 is 0. The second kappa shape index (κ2) is 7.20. The van der Waals surface area contributed by atoms with Gasteiger partial charge in [0.05, 0.1) is 0 Å². The van der Waals surface area contributed by atoms with Gasteiger partial charge < -0.3 is 5.32 Å². The molecule has 0 unspecified atom stereocenters. The highest BCUT2D eigenvalue weighted by Gasteiger charge is 2.14. The minimum Gasteiger partial charge on any atom is -0.310 e.